The lowest BCUT2D eigenvalue weighted by molar-refractivity contribution is 0.0988. The zero-order chi connectivity index (χ0) is 20.7. The second kappa shape index (κ2) is 7.31. The van der Waals surface area contributed by atoms with E-state index >= 15 is 0 Å². The minimum atomic E-state index is -0.514. The van der Waals surface area contributed by atoms with E-state index < -0.39 is 11.9 Å². The first-order chi connectivity index (χ1) is 13.9. The van der Waals surface area contributed by atoms with Gasteiger partial charge in [0.05, 0.1) is 13.2 Å². The fourth-order valence-corrected chi connectivity index (χ4v) is 3.79. The topological polar surface area (TPSA) is 58.2 Å². The van der Waals surface area contributed by atoms with Crippen LogP contribution in [-0.2, 0) is 6.42 Å². The van der Waals surface area contributed by atoms with Gasteiger partial charge in [-0.3, -0.25) is 14.8 Å². The normalized spacial score (nSPS) is 15.9. The van der Waals surface area contributed by atoms with Crippen molar-refractivity contribution in [3.05, 3.63) is 76.6 Å². The second-order valence-electron chi connectivity index (χ2n) is 7.51. The molecule has 4 rings (SSSR count). The van der Waals surface area contributed by atoms with E-state index in [2.05, 4.69) is 24.0 Å². The van der Waals surface area contributed by atoms with E-state index in [-0.39, 0.29) is 17.5 Å². The third-order valence-corrected chi connectivity index (χ3v) is 5.05. The van der Waals surface area contributed by atoms with Crippen LogP contribution in [0.15, 0.2) is 42.5 Å². The van der Waals surface area contributed by atoms with Gasteiger partial charge in [0.25, 0.3) is 5.91 Å². The smallest absolute Gasteiger partial charge is 0.280 e. The molecule has 0 saturated carbocycles. The number of H-pyrrole nitrogens is 1. The highest BCUT2D eigenvalue weighted by atomic mass is 19.1. The Hall–Kier alpha value is -3.22. The Morgan fingerprint density at radius 3 is 2.55 bits per heavy atom. The number of hydrogen-bond acceptors (Lipinski definition) is 3. The van der Waals surface area contributed by atoms with Crippen molar-refractivity contribution in [1.29, 1.82) is 0 Å². The van der Waals surface area contributed by atoms with Crippen molar-refractivity contribution in [2.24, 2.45) is 5.92 Å². The minimum Gasteiger partial charge on any atom is -0.494 e. The molecule has 5 nitrogen and oxygen atoms in total. The van der Waals surface area contributed by atoms with Gasteiger partial charge in [-0.25, -0.2) is 8.78 Å². The van der Waals surface area contributed by atoms with Crippen LogP contribution in [0.4, 0.5) is 14.5 Å². The van der Waals surface area contributed by atoms with E-state index in [1.54, 1.807) is 17.0 Å². The van der Waals surface area contributed by atoms with Crippen molar-refractivity contribution in [3.8, 4) is 5.75 Å². The number of aromatic amines is 1. The molecular formula is C22H21F2N3O2. The largest absolute Gasteiger partial charge is 0.494 e. The Balaban J connectivity index is 1.89. The Morgan fingerprint density at radius 1 is 1.17 bits per heavy atom. The highest BCUT2D eigenvalue weighted by Gasteiger charge is 2.43. The summed E-state index contributed by atoms with van der Waals surface area (Å²) in [6.45, 7) is 4.17. The molecule has 1 aliphatic rings. The zero-order valence-electron chi connectivity index (χ0n) is 16.4. The number of anilines is 1. The molecule has 7 heteroatoms. The van der Waals surface area contributed by atoms with Gasteiger partial charge < -0.3 is 4.74 Å². The third kappa shape index (κ3) is 3.26. The predicted octanol–water partition coefficient (Wildman–Crippen LogP) is 4.64. The summed E-state index contributed by atoms with van der Waals surface area (Å²) < 4.78 is 32.6. The fourth-order valence-electron chi connectivity index (χ4n) is 3.79. The number of carbonyl (C=O) groups excluding carboxylic acids is 1. The molecule has 1 N–H and O–H groups in total. The zero-order valence-corrected chi connectivity index (χ0v) is 16.4. The van der Waals surface area contributed by atoms with Crippen LogP contribution < -0.4 is 9.64 Å². The van der Waals surface area contributed by atoms with E-state index in [1.807, 2.05) is 0 Å². The second-order valence-corrected chi connectivity index (χ2v) is 7.51. The number of aromatic nitrogens is 2. The summed E-state index contributed by atoms with van der Waals surface area (Å²) in [5, 5.41) is 7.26. The summed E-state index contributed by atoms with van der Waals surface area (Å²) >= 11 is 0. The summed E-state index contributed by atoms with van der Waals surface area (Å²) in [4.78, 5) is 14.8. The Kier molecular flexibility index (Phi) is 4.82. The van der Waals surface area contributed by atoms with Crippen LogP contribution in [-0.4, -0.2) is 23.2 Å². The molecule has 0 spiro atoms. The summed E-state index contributed by atoms with van der Waals surface area (Å²) in [6.07, 6.45) is 0.716. The van der Waals surface area contributed by atoms with Crippen molar-refractivity contribution in [1.82, 2.24) is 10.2 Å². The van der Waals surface area contributed by atoms with Crippen molar-refractivity contribution in [3.63, 3.8) is 0 Å². The lowest BCUT2D eigenvalue weighted by atomic mass is 9.95. The number of carbonyl (C=O) groups is 1. The number of amides is 1. The van der Waals surface area contributed by atoms with Gasteiger partial charge in [0.1, 0.15) is 5.82 Å². The van der Waals surface area contributed by atoms with Crippen LogP contribution in [0.25, 0.3) is 0 Å². The van der Waals surface area contributed by atoms with Crippen LogP contribution in [0.3, 0.4) is 0 Å². The van der Waals surface area contributed by atoms with Crippen LogP contribution in [0.1, 0.15) is 47.2 Å². The van der Waals surface area contributed by atoms with E-state index in [9.17, 15) is 13.6 Å². The average molecular weight is 397 g/mol. The molecule has 0 radical (unpaired) electrons. The number of rotatable bonds is 5. The van der Waals surface area contributed by atoms with Gasteiger partial charge in [0, 0.05) is 23.0 Å². The van der Waals surface area contributed by atoms with Crippen LogP contribution in [0, 0.1) is 17.6 Å². The molecule has 3 aromatic rings. The Morgan fingerprint density at radius 2 is 1.90 bits per heavy atom. The van der Waals surface area contributed by atoms with Gasteiger partial charge in [-0.15, -0.1) is 0 Å². The van der Waals surface area contributed by atoms with E-state index in [1.165, 1.54) is 37.4 Å². The van der Waals surface area contributed by atoms with Crippen LogP contribution in [0.5, 0.6) is 5.75 Å². The molecule has 1 atom stereocenters. The number of nitrogens with zero attached hydrogens (tertiary/aromatic N) is 2. The van der Waals surface area contributed by atoms with E-state index in [4.69, 9.17) is 4.74 Å². The molecule has 2 aromatic carbocycles. The quantitative estimate of drug-likeness (QED) is 0.682. The lowest BCUT2D eigenvalue weighted by Crippen LogP contribution is -2.29. The summed E-state index contributed by atoms with van der Waals surface area (Å²) in [5.41, 5.74) is 3.20. The van der Waals surface area contributed by atoms with Gasteiger partial charge in [0.2, 0.25) is 0 Å². The first kappa shape index (κ1) is 19.1. The summed E-state index contributed by atoms with van der Waals surface area (Å²) in [7, 11) is 1.37. The maximum absolute atomic E-state index is 13.9. The monoisotopic (exact) mass is 397 g/mol. The molecule has 29 heavy (non-hydrogen) atoms. The van der Waals surface area contributed by atoms with E-state index in [0.29, 0.717) is 23.7 Å². The number of hydrogen-bond donors (Lipinski definition) is 1. The molecule has 1 unspecified atom stereocenters. The van der Waals surface area contributed by atoms with Crippen molar-refractivity contribution < 1.29 is 18.3 Å². The Bertz CT molecular complexity index is 1060. The molecule has 1 aromatic heterocycles. The molecule has 2 heterocycles. The van der Waals surface area contributed by atoms with Gasteiger partial charge in [-0.2, -0.15) is 5.10 Å². The average Bonchev–Trinajstić information content (AvgIpc) is 3.22. The highest BCUT2D eigenvalue weighted by molar-refractivity contribution is 6.10. The number of methoxy groups -OCH3 is 1. The predicted molar refractivity (Wildman–Crippen MR) is 105 cm³/mol. The van der Waals surface area contributed by atoms with Gasteiger partial charge in [-0.05, 0) is 42.2 Å². The molecule has 1 aliphatic heterocycles. The summed E-state index contributed by atoms with van der Waals surface area (Å²) in [6, 6.07) is 9.82. The van der Waals surface area contributed by atoms with Crippen LogP contribution >= 0.6 is 0 Å². The molecule has 0 aliphatic carbocycles. The van der Waals surface area contributed by atoms with Crippen molar-refractivity contribution >= 4 is 11.6 Å². The number of fused-ring (bicyclic) bond motifs is 1. The maximum Gasteiger partial charge on any atom is 0.280 e. The first-order valence-corrected chi connectivity index (χ1v) is 9.40. The van der Waals surface area contributed by atoms with Gasteiger partial charge in [0.15, 0.2) is 17.3 Å². The highest BCUT2D eigenvalue weighted by Crippen LogP contribution is 2.43. The molecule has 0 bridgehead atoms. The minimum absolute atomic E-state index is 0.0432. The lowest BCUT2D eigenvalue weighted by Gasteiger charge is -2.27. The number of nitrogens with one attached hydrogen (secondary N) is 1. The molecule has 0 fully saturated rings. The van der Waals surface area contributed by atoms with Crippen molar-refractivity contribution in [2.75, 3.05) is 12.0 Å². The first-order valence-electron chi connectivity index (χ1n) is 9.40. The Labute approximate surface area is 167 Å². The van der Waals surface area contributed by atoms with Crippen LogP contribution in [0.2, 0.25) is 0 Å². The van der Waals surface area contributed by atoms with Gasteiger partial charge >= 0.3 is 0 Å². The van der Waals surface area contributed by atoms with Gasteiger partial charge in [-0.1, -0.05) is 26.0 Å². The molecular weight excluding hydrogens is 376 g/mol. The standard InChI is InChI=1S/C22H21F2N3O2/c1-12(2)10-17-19-20(26-25-17)22(28)27(15-8-9-16(24)18(11-15)29-3)21(19)13-4-6-14(23)7-5-13/h4-9,11-12,21H,10H2,1-3H3,(H,25,26). The maximum atomic E-state index is 13.9. The van der Waals surface area contributed by atoms with Crippen molar-refractivity contribution in [2.45, 2.75) is 26.3 Å². The molecule has 0 saturated heterocycles. The molecule has 1 amide bonds. The SMILES string of the molecule is COc1cc(N2C(=O)c3n[nH]c(CC(C)C)c3C2c2ccc(F)cc2)ccc1F. The number of halogens is 2. The third-order valence-electron chi connectivity index (χ3n) is 5.05. The van der Waals surface area contributed by atoms with E-state index in [0.717, 1.165) is 16.8 Å². The number of ether oxygens (including phenoxy) is 1. The number of benzene rings is 2. The fraction of sp³-hybridized carbons (Fsp3) is 0.273. The molecule has 150 valence electrons. The summed E-state index contributed by atoms with van der Waals surface area (Å²) in [5.74, 6) is -0.776.